The molecule has 1 aromatic rings. The summed E-state index contributed by atoms with van der Waals surface area (Å²) in [5.74, 6) is 2.28. The third kappa shape index (κ3) is 3.08. The normalized spacial score (nSPS) is 13.1. The number of nitrogens with zero attached hydrogens (tertiary/aromatic N) is 2. The van der Waals surface area contributed by atoms with Crippen LogP contribution >= 0.6 is 0 Å². The lowest BCUT2D eigenvalue weighted by Crippen LogP contribution is -2.24. The van der Waals surface area contributed by atoms with Crippen molar-refractivity contribution in [3.05, 3.63) is 11.5 Å². The lowest BCUT2D eigenvalue weighted by Gasteiger charge is -2.22. The number of nitrogens with one attached hydrogen (secondary N) is 2. The van der Waals surface area contributed by atoms with Gasteiger partial charge < -0.3 is 10.6 Å². The Kier molecular flexibility index (Phi) is 5.19. The van der Waals surface area contributed by atoms with E-state index in [0.717, 1.165) is 42.5 Å². The van der Waals surface area contributed by atoms with Crippen LogP contribution in [-0.2, 0) is 6.42 Å². The molecule has 2 heterocycles. The summed E-state index contributed by atoms with van der Waals surface area (Å²) in [7, 11) is 0. The highest BCUT2D eigenvalue weighted by atomic mass is 15.1. The molecule has 0 aliphatic carbocycles. The van der Waals surface area contributed by atoms with Crippen molar-refractivity contribution in [3.8, 4) is 0 Å². The lowest BCUT2D eigenvalue weighted by molar-refractivity contribution is 0.756. The van der Waals surface area contributed by atoms with E-state index in [4.69, 9.17) is 0 Å². The van der Waals surface area contributed by atoms with Crippen molar-refractivity contribution in [2.24, 2.45) is 0 Å². The zero-order chi connectivity index (χ0) is 12.8. The fraction of sp³-hybridized carbons (Fsp3) is 0.692. The number of hydrogen-bond donors (Lipinski definition) is 2. The largest absolute Gasteiger partial charge is 0.379 e. The molecule has 17 heavy (non-hydrogen) atoms. The zero-order valence-corrected chi connectivity index (χ0v) is 11.6. The maximum atomic E-state index is 4.59. The summed E-state index contributed by atoms with van der Waals surface area (Å²) < 4.78 is 0. The first-order valence-corrected chi connectivity index (χ1v) is 6.61. The van der Waals surface area contributed by atoms with Crippen molar-refractivity contribution in [1.82, 2.24) is 9.97 Å². The van der Waals surface area contributed by atoms with Crippen LogP contribution in [0.25, 0.3) is 0 Å². The molecule has 0 saturated heterocycles. The molecule has 0 unspecified atom stereocenters. The van der Waals surface area contributed by atoms with Gasteiger partial charge in [0.25, 0.3) is 0 Å². The summed E-state index contributed by atoms with van der Waals surface area (Å²) in [6.45, 7) is 12.3. The van der Waals surface area contributed by atoms with Crippen LogP contribution in [0.3, 0.4) is 0 Å². The molecule has 96 valence electrons. The summed E-state index contributed by atoms with van der Waals surface area (Å²) in [5.41, 5.74) is 2.21. The molecule has 0 spiro atoms. The third-order valence-electron chi connectivity index (χ3n) is 2.57. The molecule has 2 N–H and O–H groups in total. The molecule has 4 nitrogen and oxygen atoms in total. The molecule has 1 aliphatic rings. The lowest BCUT2D eigenvalue weighted by atomic mass is 10.1. The SMILES string of the molecule is CC.CCc1nc(C(C)C)nc2c1NCCN2. The molecule has 0 aromatic carbocycles. The summed E-state index contributed by atoms with van der Waals surface area (Å²) in [6.07, 6.45) is 0.944. The van der Waals surface area contributed by atoms with E-state index in [-0.39, 0.29) is 0 Å². The highest BCUT2D eigenvalue weighted by molar-refractivity contribution is 5.69. The summed E-state index contributed by atoms with van der Waals surface area (Å²) in [6, 6.07) is 0. The average molecular weight is 236 g/mol. The maximum Gasteiger partial charge on any atom is 0.153 e. The minimum absolute atomic E-state index is 0.379. The summed E-state index contributed by atoms with van der Waals surface area (Å²) in [5, 5.41) is 6.68. The Morgan fingerprint density at radius 1 is 1.12 bits per heavy atom. The van der Waals surface area contributed by atoms with Gasteiger partial charge in [0, 0.05) is 19.0 Å². The first-order chi connectivity index (χ1) is 8.22. The van der Waals surface area contributed by atoms with Crippen LogP contribution in [0.5, 0.6) is 0 Å². The van der Waals surface area contributed by atoms with Gasteiger partial charge in [-0.1, -0.05) is 34.6 Å². The molecule has 0 atom stereocenters. The first-order valence-electron chi connectivity index (χ1n) is 6.61. The van der Waals surface area contributed by atoms with E-state index in [1.165, 1.54) is 0 Å². The second-order valence-corrected chi connectivity index (χ2v) is 4.11. The van der Waals surface area contributed by atoms with Crippen molar-refractivity contribution < 1.29 is 0 Å². The topological polar surface area (TPSA) is 49.8 Å². The highest BCUT2D eigenvalue weighted by Crippen LogP contribution is 2.27. The van der Waals surface area contributed by atoms with E-state index >= 15 is 0 Å². The van der Waals surface area contributed by atoms with E-state index in [1.807, 2.05) is 13.8 Å². The number of rotatable bonds is 2. The van der Waals surface area contributed by atoms with Crippen LogP contribution in [-0.4, -0.2) is 23.1 Å². The van der Waals surface area contributed by atoms with Crippen molar-refractivity contribution in [2.75, 3.05) is 23.7 Å². The van der Waals surface area contributed by atoms with Crippen LogP contribution < -0.4 is 10.6 Å². The Morgan fingerprint density at radius 3 is 2.35 bits per heavy atom. The predicted molar refractivity (Wildman–Crippen MR) is 73.8 cm³/mol. The molecule has 0 amide bonds. The van der Waals surface area contributed by atoms with Gasteiger partial charge in [-0.15, -0.1) is 0 Å². The Hall–Kier alpha value is -1.32. The molecule has 0 fully saturated rings. The molecule has 2 rings (SSSR count). The zero-order valence-electron chi connectivity index (χ0n) is 11.6. The third-order valence-corrected chi connectivity index (χ3v) is 2.57. The Bertz CT molecular complexity index is 343. The van der Waals surface area contributed by atoms with Gasteiger partial charge in [-0.2, -0.15) is 0 Å². The molecule has 1 aliphatic heterocycles. The van der Waals surface area contributed by atoms with E-state index < -0.39 is 0 Å². The van der Waals surface area contributed by atoms with Crippen molar-refractivity contribution in [2.45, 2.75) is 47.0 Å². The molecular formula is C13H24N4. The molecule has 0 bridgehead atoms. The van der Waals surface area contributed by atoms with Crippen molar-refractivity contribution in [1.29, 1.82) is 0 Å². The fourth-order valence-electron chi connectivity index (χ4n) is 1.72. The van der Waals surface area contributed by atoms with E-state index in [2.05, 4.69) is 41.4 Å². The van der Waals surface area contributed by atoms with Gasteiger partial charge in [0.2, 0.25) is 0 Å². The summed E-state index contributed by atoms with van der Waals surface area (Å²) in [4.78, 5) is 9.13. The van der Waals surface area contributed by atoms with Gasteiger partial charge in [-0.25, -0.2) is 9.97 Å². The fourth-order valence-corrected chi connectivity index (χ4v) is 1.72. The molecular weight excluding hydrogens is 212 g/mol. The number of aromatic nitrogens is 2. The molecule has 4 heteroatoms. The van der Waals surface area contributed by atoms with Crippen LogP contribution in [0.15, 0.2) is 0 Å². The van der Waals surface area contributed by atoms with Gasteiger partial charge in [0.15, 0.2) is 5.82 Å². The van der Waals surface area contributed by atoms with Gasteiger partial charge in [-0.3, -0.25) is 0 Å². The Labute approximate surface area is 104 Å². The minimum Gasteiger partial charge on any atom is -0.379 e. The Balaban J connectivity index is 0.000000686. The molecule has 1 aromatic heterocycles. The van der Waals surface area contributed by atoms with E-state index in [0.29, 0.717) is 5.92 Å². The van der Waals surface area contributed by atoms with Crippen molar-refractivity contribution >= 4 is 11.5 Å². The van der Waals surface area contributed by atoms with E-state index in [9.17, 15) is 0 Å². The van der Waals surface area contributed by atoms with Crippen molar-refractivity contribution in [3.63, 3.8) is 0 Å². The second kappa shape index (κ2) is 6.42. The smallest absolute Gasteiger partial charge is 0.153 e. The van der Waals surface area contributed by atoms with Crippen LogP contribution in [0.1, 0.15) is 52.1 Å². The molecule has 0 radical (unpaired) electrons. The highest BCUT2D eigenvalue weighted by Gasteiger charge is 2.16. The Morgan fingerprint density at radius 2 is 1.76 bits per heavy atom. The van der Waals surface area contributed by atoms with Crippen LogP contribution in [0.4, 0.5) is 11.5 Å². The second-order valence-electron chi connectivity index (χ2n) is 4.11. The number of fused-ring (bicyclic) bond motifs is 1. The van der Waals surface area contributed by atoms with E-state index in [1.54, 1.807) is 0 Å². The minimum atomic E-state index is 0.379. The van der Waals surface area contributed by atoms with Gasteiger partial charge >= 0.3 is 0 Å². The van der Waals surface area contributed by atoms with Crippen LogP contribution in [0, 0.1) is 0 Å². The quantitative estimate of drug-likeness (QED) is 0.828. The maximum absolute atomic E-state index is 4.59. The van der Waals surface area contributed by atoms with Crippen LogP contribution in [0.2, 0.25) is 0 Å². The standard InChI is InChI=1S/C11H18N4.C2H6/c1-4-8-9-11(13-6-5-12-9)15-10(14-8)7(2)3;1-2/h7,12H,4-6H2,1-3H3,(H,13,14,15);1-2H3. The first kappa shape index (κ1) is 13.7. The number of anilines is 2. The van der Waals surface area contributed by atoms with Gasteiger partial charge in [-0.05, 0) is 6.42 Å². The van der Waals surface area contributed by atoms with Gasteiger partial charge in [0.05, 0.1) is 11.4 Å². The van der Waals surface area contributed by atoms with Gasteiger partial charge in [0.1, 0.15) is 5.82 Å². The summed E-state index contributed by atoms with van der Waals surface area (Å²) >= 11 is 0. The predicted octanol–water partition coefficient (Wildman–Crippen LogP) is 3.03. The monoisotopic (exact) mass is 236 g/mol. The average Bonchev–Trinajstić information content (AvgIpc) is 2.39. The number of hydrogen-bond acceptors (Lipinski definition) is 4. The molecule has 0 saturated carbocycles. The number of aryl methyl sites for hydroxylation is 1.